The summed E-state index contributed by atoms with van der Waals surface area (Å²) in [5, 5.41) is -0.304. The molecule has 0 aromatic heterocycles. The van der Waals surface area contributed by atoms with Gasteiger partial charge in [-0.3, -0.25) is 4.79 Å². The second-order valence-corrected chi connectivity index (χ2v) is 4.70. The molecule has 0 aromatic carbocycles. The van der Waals surface area contributed by atoms with Crippen LogP contribution in [0.4, 0.5) is 0 Å². The van der Waals surface area contributed by atoms with Crippen molar-refractivity contribution in [3.8, 4) is 0 Å². The number of halogens is 1. The summed E-state index contributed by atoms with van der Waals surface area (Å²) >= 11 is 3.27. The maximum Gasteiger partial charge on any atom is 0.304 e. The molecule has 1 unspecified atom stereocenters. The molecule has 0 saturated carbocycles. The molecule has 0 aliphatic rings. The number of rotatable bonds is 5. The Hall–Kier alpha value is -0.570. The van der Waals surface area contributed by atoms with Gasteiger partial charge < -0.3 is 4.74 Å². The van der Waals surface area contributed by atoms with E-state index in [1.54, 1.807) is 0 Å². The summed E-state index contributed by atoms with van der Waals surface area (Å²) in [6, 6.07) is 0. The summed E-state index contributed by atoms with van der Waals surface area (Å²) in [5.41, 5.74) is 2.55. The molecule has 0 rings (SSSR count). The number of hydrogen-bond acceptors (Lipinski definition) is 2. The van der Waals surface area contributed by atoms with E-state index >= 15 is 0 Å². The number of allylic oxidation sites excluding steroid dienone is 3. The van der Waals surface area contributed by atoms with Gasteiger partial charge in [-0.1, -0.05) is 17.2 Å². The molecular formula is C12H19BrO2. The molecule has 0 aliphatic carbocycles. The molecule has 3 heteroatoms. The van der Waals surface area contributed by atoms with Crippen molar-refractivity contribution in [3.05, 3.63) is 23.3 Å². The van der Waals surface area contributed by atoms with Gasteiger partial charge in [-0.2, -0.15) is 0 Å². The van der Waals surface area contributed by atoms with Crippen LogP contribution in [0, 0.1) is 0 Å². The van der Waals surface area contributed by atoms with E-state index in [4.69, 9.17) is 4.74 Å². The molecule has 15 heavy (non-hydrogen) atoms. The minimum Gasteiger partial charge on any atom is -0.447 e. The molecule has 0 N–H and O–H groups in total. The third kappa shape index (κ3) is 9.73. The number of hydrogen-bond donors (Lipinski definition) is 0. The molecule has 0 heterocycles. The zero-order valence-corrected chi connectivity index (χ0v) is 11.4. The molecule has 0 aromatic rings. The van der Waals surface area contributed by atoms with Crippen LogP contribution in [0.1, 0.15) is 40.5 Å². The van der Waals surface area contributed by atoms with Gasteiger partial charge in [-0.25, -0.2) is 0 Å². The van der Waals surface area contributed by atoms with Crippen LogP contribution in [0.5, 0.6) is 0 Å². The zero-order valence-electron chi connectivity index (χ0n) is 9.84. The van der Waals surface area contributed by atoms with Gasteiger partial charge in [0.05, 0.1) is 0 Å². The molecule has 0 amide bonds. The molecule has 0 aliphatic heterocycles. The minimum atomic E-state index is -0.304. The van der Waals surface area contributed by atoms with E-state index in [2.05, 4.69) is 35.9 Å². The van der Waals surface area contributed by atoms with E-state index in [0.717, 1.165) is 12.8 Å². The van der Waals surface area contributed by atoms with Crippen LogP contribution < -0.4 is 0 Å². The lowest BCUT2D eigenvalue weighted by Crippen LogP contribution is -2.06. The maximum atomic E-state index is 10.6. The van der Waals surface area contributed by atoms with E-state index in [1.807, 2.05) is 13.0 Å². The van der Waals surface area contributed by atoms with Crippen molar-refractivity contribution in [2.24, 2.45) is 0 Å². The van der Waals surface area contributed by atoms with Gasteiger partial charge in [0.2, 0.25) is 0 Å². The number of esters is 1. The molecule has 0 radical (unpaired) electrons. The van der Waals surface area contributed by atoms with Gasteiger partial charge in [0.1, 0.15) is 0 Å². The van der Waals surface area contributed by atoms with Crippen LogP contribution in [0.3, 0.4) is 0 Å². The van der Waals surface area contributed by atoms with Crippen LogP contribution in [0.2, 0.25) is 0 Å². The summed E-state index contributed by atoms with van der Waals surface area (Å²) in [7, 11) is 0. The third-order valence-electron chi connectivity index (χ3n) is 1.79. The number of carbonyl (C=O) groups is 1. The average Bonchev–Trinajstić information content (AvgIpc) is 2.00. The highest BCUT2D eigenvalue weighted by Crippen LogP contribution is 2.12. The first-order chi connectivity index (χ1) is 6.91. The Morgan fingerprint density at radius 1 is 1.33 bits per heavy atom. The lowest BCUT2D eigenvalue weighted by Gasteiger charge is -2.06. The van der Waals surface area contributed by atoms with Gasteiger partial charge in [0.25, 0.3) is 0 Å². The normalized spacial score (nSPS) is 13.3. The van der Waals surface area contributed by atoms with Crippen LogP contribution in [0.25, 0.3) is 0 Å². The van der Waals surface area contributed by atoms with Crippen molar-refractivity contribution >= 4 is 21.9 Å². The van der Waals surface area contributed by atoms with Crippen molar-refractivity contribution in [2.45, 2.75) is 45.5 Å². The molecule has 0 bridgehead atoms. The minimum absolute atomic E-state index is 0.273. The monoisotopic (exact) mass is 274 g/mol. The fraction of sp³-hybridized carbons (Fsp3) is 0.583. The molecule has 0 fully saturated rings. The first kappa shape index (κ1) is 14.4. The topological polar surface area (TPSA) is 26.3 Å². The summed E-state index contributed by atoms with van der Waals surface area (Å²) < 4.78 is 4.93. The molecule has 0 spiro atoms. The van der Waals surface area contributed by atoms with Crippen LogP contribution in [0.15, 0.2) is 23.3 Å². The lowest BCUT2D eigenvalue weighted by molar-refractivity contribution is -0.140. The maximum absolute atomic E-state index is 10.6. The van der Waals surface area contributed by atoms with Crippen molar-refractivity contribution in [2.75, 3.05) is 0 Å². The molecular weight excluding hydrogens is 256 g/mol. The molecule has 0 saturated heterocycles. The Morgan fingerprint density at radius 2 is 1.93 bits per heavy atom. The summed E-state index contributed by atoms with van der Waals surface area (Å²) in [4.78, 5) is 10.6. The van der Waals surface area contributed by atoms with Crippen molar-refractivity contribution in [1.82, 2.24) is 0 Å². The Kier molecular flexibility index (Phi) is 7.39. The standard InChI is InChI=1S/C12H19BrO2/c1-9(2)6-5-7-10(3)8-12(13)15-11(4)14/h6,8,12H,5,7H2,1-4H3. The van der Waals surface area contributed by atoms with Gasteiger partial charge in [-0.05, 0) is 55.6 Å². The highest BCUT2D eigenvalue weighted by atomic mass is 79.9. The van der Waals surface area contributed by atoms with Crippen molar-refractivity contribution < 1.29 is 9.53 Å². The zero-order chi connectivity index (χ0) is 11.8. The summed E-state index contributed by atoms with van der Waals surface area (Å²) in [6.45, 7) is 7.62. The number of carbonyl (C=O) groups excluding carboxylic acids is 1. The summed E-state index contributed by atoms with van der Waals surface area (Å²) in [6.07, 6.45) is 6.14. The highest BCUT2D eigenvalue weighted by Gasteiger charge is 2.03. The van der Waals surface area contributed by atoms with Crippen LogP contribution in [-0.2, 0) is 9.53 Å². The first-order valence-corrected chi connectivity index (χ1v) is 5.95. The van der Waals surface area contributed by atoms with Crippen LogP contribution >= 0.6 is 15.9 Å². The lowest BCUT2D eigenvalue weighted by atomic mass is 10.1. The van der Waals surface area contributed by atoms with E-state index in [1.165, 1.54) is 18.1 Å². The molecule has 1 atom stereocenters. The van der Waals surface area contributed by atoms with E-state index in [0.29, 0.717) is 0 Å². The molecule has 2 nitrogen and oxygen atoms in total. The van der Waals surface area contributed by atoms with E-state index in [-0.39, 0.29) is 11.0 Å². The van der Waals surface area contributed by atoms with E-state index < -0.39 is 0 Å². The fourth-order valence-electron chi connectivity index (χ4n) is 1.09. The van der Waals surface area contributed by atoms with Gasteiger partial charge in [0, 0.05) is 6.92 Å². The van der Waals surface area contributed by atoms with Gasteiger partial charge in [0.15, 0.2) is 5.01 Å². The Morgan fingerprint density at radius 3 is 2.40 bits per heavy atom. The second kappa shape index (κ2) is 7.69. The fourth-order valence-corrected chi connectivity index (χ4v) is 1.80. The highest BCUT2D eigenvalue weighted by molar-refractivity contribution is 9.09. The molecule has 86 valence electrons. The Bertz CT molecular complexity index is 263. The third-order valence-corrected chi connectivity index (χ3v) is 2.24. The van der Waals surface area contributed by atoms with Crippen molar-refractivity contribution in [3.63, 3.8) is 0 Å². The summed E-state index contributed by atoms with van der Waals surface area (Å²) in [5.74, 6) is -0.273. The van der Waals surface area contributed by atoms with E-state index in [9.17, 15) is 4.79 Å². The van der Waals surface area contributed by atoms with Crippen molar-refractivity contribution in [1.29, 1.82) is 0 Å². The SMILES string of the molecule is CC(=O)OC(Br)C=C(C)CCC=C(C)C. The quantitative estimate of drug-likeness (QED) is 0.431. The second-order valence-electron chi connectivity index (χ2n) is 3.79. The predicted octanol–water partition coefficient (Wildman–Crippen LogP) is 3.96. The predicted molar refractivity (Wildman–Crippen MR) is 66.9 cm³/mol. The first-order valence-electron chi connectivity index (χ1n) is 5.03. The average molecular weight is 275 g/mol. The Labute approximate surface area is 101 Å². The largest absolute Gasteiger partial charge is 0.447 e. The number of alkyl halides is 1. The number of ether oxygens (including phenoxy) is 1. The van der Waals surface area contributed by atoms with Gasteiger partial charge >= 0.3 is 5.97 Å². The Balaban J connectivity index is 3.97. The smallest absolute Gasteiger partial charge is 0.304 e. The van der Waals surface area contributed by atoms with Gasteiger partial charge in [-0.15, -0.1) is 0 Å². The van der Waals surface area contributed by atoms with Crippen LogP contribution in [-0.4, -0.2) is 11.0 Å².